The quantitative estimate of drug-likeness (QED) is 0.538. The van der Waals surface area contributed by atoms with Crippen molar-refractivity contribution in [1.29, 1.82) is 0 Å². The van der Waals surface area contributed by atoms with Crippen LogP contribution in [0.2, 0.25) is 0 Å². The maximum Gasteiger partial charge on any atom is 0.348 e. The molecule has 2 N–H and O–H groups in total. The van der Waals surface area contributed by atoms with Gasteiger partial charge in [-0.15, -0.1) is 4.73 Å². The molecule has 92 valence electrons. The lowest BCUT2D eigenvalue weighted by Crippen LogP contribution is -2.35. The van der Waals surface area contributed by atoms with E-state index in [-0.39, 0.29) is 0 Å². The number of nitrogens with one attached hydrogen (secondary N) is 1. The fourth-order valence-electron chi connectivity index (χ4n) is 1.46. The number of hydrogen-bond donors (Lipinski definition) is 2. The Labute approximate surface area is 98.3 Å². The summed E-state index contributed by atoms with van der Waals surface area (Å²) < 4.78 is 0.376. The smallest absolute Gasteiger partial charge is 0.348 e. The Bertz CT molecular complexity index is 653. The molecule has 5 nitrogen and oxygen atoms in total. The van der Waals surface area contributed by atoms with Gasteiger partial charge in [0.15, 0.2) is 0 Å². The summed E-state index contributed by atoms with van der Waals surface area (Å²) in [5.41, 5.74) is 0.889. The maximum absolute atomic E-state index is 11.1. The van der Waals surface area contributed by atoms with Gasteiger partial charge in [0.1, 0.15) is 5.52 Å². The number of nitrogens with zero attached hydrogens (tertiary/aromatic N) is 1. The van der Waals surface area contributed by atoms with E-state index in [1.807, 2.05) is 27.7 Å². The zero-order valence-electron chi connectivity index (χ0n) is 10.4. The first kappa shape index (κ1) is 13.0. The van der Waals surface area contributed by atoms with E-state index in [9.17, 15) is 14.8 Å². The van der Waals surface area contributed by atoms with Crippen molar-refractivity contribution in [3.8, 4) is 0 Å². The van der Waals surface area contributed by atoms with Crippen LogP contribution in [-0.4, -0.2) is 14.9 Å². The lowest BCUT2D eigenvalue weighted by atomic mass is 10.1. The van der Waals surface area contributed by atoms with E-state index in [4.69, 9.17) is 0 Å². The molecule has 0 bridgehead atoms. The van der Waals surface area contributed by atoms with Gasteiger partial charge in [-0.05, 0) is 37.1 Å². The third-order valence-corrected chi connectivity index (χ3v) is 2.48. The van der Waals surface area contributed by atoms with Gasteiger partial charge in [0.2, 0.25) is 0 Å². The molecule has 17 heavy (non-hydrogen) atoms. The zero-order chi connectivity index (χ0) is 13.2. The first-order chi connectivity index (χ1) is 8.00. The van der Waals surface area contributed by atoms with Gasteiger partial charge in [0.25, 0.3) is 0 Å². The maximum atomic E-state index is 11.1. The molecular formula is C12H16N2O3. The Balaban J connectivity index is 0.000000686. The number of aromatic amines is 1. The minimum atomic E-state index is -0.967. The molecule has 0 aliphatic carbocycles. The summed E-state index contributed by atoms with van der Waals surface area (Å²) >= 11 is 0. The van der Waals surface area contributed by atoms with E-state index in [2.05, 4.69) is 4.98 Å². The molecule has 2 aromatic rings. The molecule has 1 aromatic heterocycles. The molecule has 5 heteroatoms. The second-order valence-corrected chi connectivity index (χ2v) is 3.52. The average molecular weight is 236 g/mol. The summed E-state index contributed by atoms with van der Waals surface area (Å²) in [5, 5.41) is 9.44. The Morgan fingerprint density at radius 2 is 1.65 bits per heavy atom. The van der Waals surface area contributed by atoms with Crippen molar-refractivity contribution in [3.63, 3.8) is 0 Å². The number of H-pyrrole nitrogens is 1. The van der Waals surface area contributed by atoms with E-state index in [1.54, 1.807) is 12.1 Å². The van der Waals surface area contributed by atoms with E-state index >= 15 is 0 Å². The van der Waals surface area contributed by atoms with E-state index in [0.717, 1.165) is 11.1 Å². The minimum absolute atomic E-state index is 0.308. The second-order valence-electron chi connectivity index (χ2n) is 3.52. The molecule has 0 aliphatic rings. The van der Waals surface area contributed by atoms with Gasteiger partial charge in [-0.3, -0.25) is 9.59 Å². The number of aryl methyl sites for hydroxylation is 2. The van der Waals surface area contributed by atoms with Crippen LogP contribution in [0, 0.1) is 13.8 Å². The topological polar surface area (TPSA) is 75.1 Å². The van der Waals surface area contributed by atoms with Crippen molar-refractivity contribution in [3.05, 3.63) is 44.0 Å². The fraction of sp³-hybridized carbons (Fsp3) is 0.333. The molecule has 1 aromatic carbocycles. The fourth-order valence-corrected chi connectivity index (χ4v) is 1.46. The lowest BCUT2D eigenvalue weighted by Gasteiger charge is -2.05. The number of rotatable bonds is 0. The molecule has 0 amide bonds. The van der Waals surface area contributed by atoms with Crippen LogP contribution in [0.25, 0.3) is 11.0 Å². The molecule has 0 radical (unpaired) electrons. The van der Waals surface area contributed by atoms with Crippen LogP contribution in [0.1, 0.15) is 25.0 Å². The number of aromatic nitrogens is 2. The standard InChI is InChI=1S/C10H10N2O3.C2H6/c1-5-3-7-8(4-6(5)2)12(15)10(14)9(13)11-7;1-2/h3-4,15H,1-2H3,(H,11,13);1-2H3. The monoisotopic (exact) mass is 236 g/mol. The van der Waals surface area contributed by atoms with Crippen LogP contribution in [-0.2, 0) is 0 Å². The van der Waals surface area contributed by atoms with Crippen molar-refractivity contribution in [2.45, 2.75) is 27.7 Å². The molecule has 0 spiro atoms. The van der Waals surface area contributed by atoms with Gasteiger partial charge >= 0.3 is 11.1 Å². The molecule has 2 rings (SSSR count). The molecular weight excluding hydrogens is 220 g/mol. The lowest BCUT2D eigenvalue weighted by molar-refractivity contribution is 0.186. The van der Waals surface area contributed by atoms with E-state index in [1.165, 1.54) is 0 Å². The second kappa shape index (κ2) is 4.86. The van der Waals surface area contributed by atoms with E-state index < -0.39 is 11.1 Å². The number of benzene rings is 1. The molecule has 0 saturated heterocycles. The van der Waals surface area contributed by atoms with Crippen molar-refractivity contribution < 1.29 is 5.21 Å². The highest BCUT2D eigenvalue weighted by Gasteiger charge is 2.07. The van der Waals surface area contributed by atoms with Gasteiger partial charge in [-0.2, -0.15) is 0 Å². The van der Waals surface area contributed by atoms with Gasteiger partial charge in [0, 0.05) is 0 Å². The van der Waals surface area contributed by atoms with Crippen LogP contribution >= 0.6 is 0 Å². The normalized spacial score (nSPS) is 9.88. The van der Waals surface area contributed by atoms with Gasteiger partial charge < -0.3 is 10.2 Å². The molecule has 0 aliphatic heterocycles. The SMILES string of the molecule is CC.Cc1cc2[nH]c(=O)c(=O)n(O)c2cc1C. The summed E-state index contributed by atoms with van der Waals surface area (Å²) in [6.07, 6.45) is 0. The first-order valence-corrected chi connectivity index (χ1v) is 5.46. The van der Waals surface area contributed by atoms with Crippen LogP contribution in [0.15, 0.2) is 21.7 Å². The molecule has 1 heterocycles. The largest absolute Gasteiger partial charge is 0.425 e. The van der Waals surface area contributed by atoms with Crippen molar-refractivity contribution in [2.75, 3.05) is 0 Å². The van der Waals surface area contributed by atoms with Crippen LogP contribution in [0.5, 0.6) is 0 Å². The Hall–Kier alpha value is -2.04. The molecule has 0 saturated carbocycles. The first-order valence-electron chi connectivity index (χ1n) is 5.46. The van der Waals surface area contributed by atoms with Crippen molar-refractivity contribution >= 4 is 11.0 Å². The predicted molar refractivity (Wildman–Crippen MR) is 66.8 cm³/mol. The Morgan fingerprint density at radius 3 is 2.24 bits per heavy atom. The molecule has 0 atom stereocenters. The Morgan fingerprint density at radius 1 is 1.12 bits per heavy atom. The minimum Gasteiger partial charge on any atom is -0.425 e. The average Bonchev–Trinajstić information content (AvgIpc) is 2.32. The number of hydrogen-bond acceptors (Lipinski definition) is 3. The van der Waals surface area contributed by atoms with Crippen molar-refractivity contribution in [2.24, 2.45) is 0 Å². The highest BCUT2D eigenvalue weighted by atomic mass is 16.5. The molecule has 0 unspecified atom stereocenters. The van der Waals surface area contributed by atoms with E-state index in [0.29, 0.717) is 15.8 Å². The predicted octanol–water partition coefficient (Wildman–Crippen LogP) is 1.57. The highest BCUT2D eigenvalue weighted by molar-refractivity contribution is 5.76. The van der Waals surface area contributed by atoms with Gasteiger partial charge in [-0.25, -0.2) is 0 Å². The summed E-state index contributed by atoms with van der Waals surface area (Å²) in [5.74, 6) is 0. The van der Waals surface area contributed by atoms with Gasteiger partial charge in [0.05, 0.1) is 5.52 Å². The Kier molecular flexibility index (Phi) is 3.73. The number of fused-ring (bicyclic) bond motifs is 1. The van der Waals surface area contributed by atoms with Crippen LogP contribution < -0.4 is 11.1 Å². The highest BCUT2D eigenvalue weighted by Crippen LogP contribution is 2.14. The van der Waals surface area contributed by atoms with Crippen LogP contribution in [0.4, 0.5) is 0 Å². The summed E-state index contributed by atoms with van der Waals surface area (Å²) in [6.45, 7) is 7.75. The molecule has 0 fully saturated rings. The third-order valence-electron chi connectivity index (χ3n) is 2.48. The summed E-state index contributed by atoms with van der Waals surface area (Å²) in [4.78, 5) is 24.7. The summed E-state index contributed by atoms with van der Waals surface area (Å²) in [6, 6.07) is 3.38. The zero-order valence-corrected chi connectivity index (χ0v) is 10.4. The van der Waals surface area contributed by atoms with Crippen LogP contribution in [0.3, 0.4) is 0 Å². The van der Waals surface area contributed by atoms with Gasteiger partial charge in [-0.1, -0.05) is 13.8 Å². The van der Waals surface area contributed by atoms with Crippen molar-refractivity contribution in [1.82, 2.24) is 9.71 Å². The third kappa shape index (κ3) is 2.22. The summed E-state index contributed by atoms with van der Waals surface area (Å²) in [7, 11) is 0.